The van der Waals surface area contributed by atoms with Crippen molar-refractivity contribution in [3.8, 4) is 0 Å². The van der Waals surface area contributed by atoms with Gasteiger partial charge in [0.05, 0.1) is 32.0 Å². The second-order valence-corrected chi connectivity index (χ2v) is 6.25. The van der Waals surface area contributed by atoms with Crippen LogP contribution in [0.1, 0.15) is 32.4 Å². The molecule has 4 nitrogen and oxygen atoms in total. The Kier molecular flexibility index (Phi) is 8.98. The maximum Gasteiger partial charge on any atom is 0.0900 e. The third-order valence-electron chi connectivity index (χ3n) is 3.50. The third kappa shape index (κ3) is 7.56. The molecule has 2 atom stereocenters. The first-order valence-electron chi connectivity index (χ1n) is 7.73. The van der Waals surface area contributed by atoms with Crippen molar-refractivity contribution in [2.24, 2.45) is 0 Å². The molecule has 22 heavy (non-hydrogen) atoms. The molecule has 0 radical (unpaired) electrons. The van der Waals surface area contributed by atoms with E-state index < -0.39 is 6.10 Å². The molecule has 0 aromatic heterocycles. The zero-order valence-corrected chi connectivity index (χ0v) is 14.7. The standard InChI is InChI=1S/C17H28ClNO3/c1-13(2)22-10-9-21-12-17(20)11-19(4)14(3)15-5-7-16(18)8-6-15/h5-8,13-14,17,20H,9-12H2,1-4H3. The lowest BCUT2D eigenvalue weighted by atomic mass is 10.1. The molecule has 2 unspecified atom stereocenters. The highest BCUT2D eigenvalue weighted by atomic mass is 35.5. The quantitative estimate of drug-likeness (QED) is 0.670. The summed E-state index contributed by atoms with van der Waals surface area (Å²) >= 11 is 5.90. The molecule has 0 saturated carbocycles. The van der Waals surface area contributed by atoms with E-state index in [9.17, 15) is 5.11 Å². The lowest BCUT2D eigenvalue weighted by molar-refractivity contribution is -0.0193. The first-order valence-corrected chi connectivity index (χ1v) is 8.11. The Morgan fingerprint density at radius 2 is 1.77 bits per heavy atom. The summed E-state index contributed by atoms with van der Waals surface area (Å²) in [4.78, 5) is 2.10. The highest BCUT2D eigenvalue weighted by molar-refractivity contribution is 6.30. The van der Waals surface area contributed by atoms with Crippen molar-refractivity contribution in [1.82, 2.24) is 4.90 Å². The van der Waals surface area contributed by atoms with Crippen LogP contribution in [0.3, 0.4) is 0 Å². The van der Waals surface area contributed by atoms with Gasteiger partial charge in [-0.2, -0.15) is 0 Å². The normalized spacial score (nSPS) is 14.5. The minimum Gasteiger partial charge on any atom is -0.389 e. The number of ether oxygens (including phenoxy) is 2. The molecule has 0 aliphatic heterocycles. The van der Waals surface area contributed by atoms with E-state index in [1.165, 1.54) is 5.56 Å². The fourth-order valence-electron chi connectivity index (χ4n) is 2.10. The van der Waals surface area contributed by atoms with E-state index >= 15 is 0 Å². The lowest BCUT2D eigenvalue weighted by Crippen LogP contribution is -2.34. The van der Waals surface area contributed by atoms with Gasteiger partial charge in [0.2, 0.25) is 0 Å². The van der Waals surface area contributed by atoms with Crippen LogP contribution in [0.15, 0.2) is 24.3 Å². The van der Waals surface area contributed by atoms with E-state index in [0.717, 1.165) is 5.02 Å². The molecular weight excluding hydrogens is 302 g/mol. The predicted molar refractivity (Wildman–Crippen MR) is 90.4 cm³/mol. The number of halogens is 1. The van der Waals surface area contributed by atoms with E-state index in [1.807, 2.05) is 45.2 Å². The molecule has 0 bridgehead atoms. The average molecular weight is 330 g/mol. The number of hydrogen-bond acceptors (Lipinski definition) is 4. The van der Waals surface area contributed by atoms with Crippen LogP contribution in [-0.4, -0.2) is 55.6 Å². The Hall–Kier alpha value is -0.650. The second kappa shape index (κ2) is 10.2. The maximum atomic E-state index is 10.0. The van der Waals surface area contributed by atoms with Crippen molar-refractivity contribution in [2.45, 2.75) is 39.0 Å². The maximum absolute atomic E-state index is 10.0. The number of aliphatic hydroxyl groups excluding tert-OH is 1. The Morgan fingerprint density at radius 1 is 1.14 bits per heavy atom. The number of hydrogen-bond donors (Lipinski definition) is 1. The molecule has 0 aliphatic rings. The van der Waals surface area contributed by atoms with Crippen LogP contribution in [0.2, 0.25) is 5.02 Å². The van der Waals surface area contributed by atoms with Gasteiger partial charge in [0.25, 0.3) is 0 Å². The molecule has 0 amide bonds. The molecule has 126 valence electrons. The molecule has 1 aromatic carbocycles. The fraction of sp³-hybridized carbons (Fsp3) is 0.647. The van der Waals surface area contributed by atoms with Gasteiger partial charge in [-0.25, -0.2) is 0 Å². The molecular formula is C17H28ClNO3. The molecule has 0 fully saturated rings. The van der Waals surface area contributed by atoms with Crippen molar-refractivity contribution < 1.29 is 14.6 Å². The van der Waals surface area contributed by atoms with Gasteiger partial charge >= 0.3 is 0 Å². The predicted octanol–water partition coefficient (Wildman–Crippen LogP) is 3.14. The Labute approximate surface area is 139 Å². The monoisotopic (exact) mass is 329 g/mol. The Morgan fingerprint density at radius 3 is 2.36 bits per heavy atom. The van der Waals surface area contributed by atoms with Gasteiger partial charge in [0.1, 0.15) is 0 Å². The van der Waals surface area contributed by atoms with Crippen LogP contribution >= 0.6 is 11.6 Å². The van der Waals surface area contributed by atoms with E-state index in [0.29, 0.717) is 26.4 Å². The minimum absolute atomic E-state index is 0.205. The first-order chi connectivity index (χ1) is 10.4. The van der Waals surface area contributed by atoms with Gasteiger partial charge in [-0.3, -0.25) is 4.90 Å². The lowest BCUT2D eigenvalue weighted by Gasteiger charge is -2.27. The molecule has 1 N–H and O–H groups in total. The fourth-order valence-corrected chi connectivity index (χ4v) is 2.23. The summed E-state index contributed by atoms with van der Waals surface area (Å²) in [6.45, 7) is 8.01. The van der Waals surface area contributed by atoms with Crippen molar-refractivity contribution in [2.75, 3.05) is 33.4 Å². The highest BCUT2D eigenvalue weighted by Crippen LogP contribution is 2.20. The average Bonchev–Trinajstić information content (AvgIpc) is 2.46. The minimum atomic E-state index is -0.515. The van der Waals surface area contributed by atoms with Crippen LogP contribution < -0.4 is 0 Å². The number of rotatable bonds is 10. The van der Waals surface area contributed by atoms with Crippen LogP contribution in [0.5, 0.6) is 0 Å². The zero-order valence-electron chi connectivity index (χ0n) is 14.0. The van der Waals surface area contributed by atoms with Gasteiger partial charge in [-0.15, -0.1) is 0 Å². The number of likely N-dealkylation sites (N-methyl/N-ethyl adjacent to an activating group) is 1. The Bertz CT molecular complexity index is 411. The van der Waals surface area contributed by atoms with Crippen molar-refractivity contribution >= 4 is 11.6 Å². The number of benzene rings is 1. The van der Waals surface area contributed by atoms with E-state index in [4.69, 9.17) is 21.1 Å². The van der Waals surface area contributed by atoms with Crippen LogP contribution in [0, 0.1) is 0 Å². The van der Waals surface area contributed by atoms with E-state index in [1.54, 1.807) is 0 Å². The summed E-state index contributed by atoms with van der Waals surface area (Å²) < 4.78 is 10.8. The summed E-state index contributed by atoms with van der Waals surface area (Å²) in [5, 5.41) is 10.8. The molecule has 0 aliphatic carbocycles. The largest absolute Gasteiger partial charge is 0.389 e. The molecule has 0 saturated heterocycles. The number of nitrogens with zero attached hydrogens (tertiary/aromatic N) is 1. The number of aliphatic hydroxyl groups is 1. The smallest absolute Gasteiger partial charge is 0.0900 e. The van der Waals surface area contributed by atoms with E-state index in [2.05, 4.69) is 11.8 Å². The molecule has 5 heteroatoms. The van der Waals surface area contributed by atoms with Gasteiger partial charge in [0, 0.05) is 17.6 Å². The van der Waals surface area contributed by atoms with Gasteiger partial charge in [0.15, 0.2) is 0 Å². The van der Waals surface area contributed by atoms with Crippen molar-refractivity contribution in [3.63, 3.8) is 0 Å². The van der Waals surface area contributed by atoms with Crippen LogP contribution in [0.25, 0.3) is 0 Å². The summed E-state index contributed by atoms with van der Waals surface area (Å²) in [5.41, 5.74) is 1.17. The Balaban J connectivity index is 2.28. The topological polar surface area (TPSA) is 41.9 Å². The third-order valence-corrected chi connectivity index (χ3v) is 3.75. The summed E-state index contributed by atoms with van der Waals surface area (Å²) in [6, 6.07) is 7.99. The van der Waals surface area contributed by atoms with Crippen molar-refractivity contribution in [1.29, 1.82) is 0 Å². The summed E-state index contributed by atoms with van der Waals surface area (Å²) in [6.07, 6.45) is -0.307. The first kappa shape index (κ1) is 19.4. The molecule has 1 aromatic rings. The van der Waals surface area contributed by atoms with Crippen molar-refractivity contribution in [3.05, 3.63) is 34.9 Å². The molecule has 1 rings (SSSR count). The molecule has 0 heterocycles. The summed E-state index contributed by atoms with van der Waals surface area (Å²) in [5.74, 6) is 0. The highest BCUT2D eigenvalue weighted by Gasteiger charge is 2.15. The van der Waals surface area contributed by atoms with Gasteiger partial charge in [-0.05, 0) is 45.5 Å². The molecule has 0 spiro atoms. The SMILES string of the molecule is CC(C)OCCOCC(O)CN(C)C(C)c1ccc(Cl)cc1. The summed E-state index contributed by atoms with van der Waals surface area (Å²) in [7, 11) is 1.99. The van der Waals surface area contributed by atoms with Gasteiger partial charge < -0.3 is 14.6 Å². The zero-order chi connectivity index (χ0) is 16.5. The van der Waals surface area contributed by atoms with E-state index in [-0.39, 0.29) is 12.1 Å². The second-order valence-electron chi connectivity index (χ2n) is 5.82. The van der Waals surface area contributed by atoms with Crippen LogP contribution in [0.4, 0.5) is 0 Å². The van der Waals surface area contributed by atoms with Gasteiger partial charge in [-0.1, -0.05) is 23.7 Å². The van der Waals surface area contributed by atoms with Crippen LogP contribution in [-0.2, 0) is 9.47 Å².